The number of fused-ring (bicyclic) bond motifs is 3. The van der Waals surface area contributed by atoms with Gasteiger partial charge in [0.1, 0.15) is 0 Å². The third kappa shape index (κ3) is 3.52. The van der Waals surface area contributed by atoms with Crippen LogP contribution in [0.2, 0.25) is 0 Å². The maximum absolute atomic E-state index is 10.8. The van der Waals surface area contributed by atoms with E-state index in [0.29, 0.717) is 30.1 Å². The Hall–Kier alpha value is -2.87. The summed E-state index contributed by atoms with van der Waals surface area (Å²) in [7, 11) is 1.61. The summed E-state index contributed by atoms with van der Waals surface area (Å²) in [5.41, 5.74) is 1.42. The standard InChI is InChI=1S/C19H22N4O4/c1-25-17-11-14-15(21-19(27-13-24)23-16(14)5-6-20-23)12-18(17)26-10-4-9-22-7-2-3-8-22/h5-6,11-13H,2-4,7-10H2,1H3. The molecule has 0 spiro atoms. The summed E-state index contributed by atoms with van der Waals surface area (Å²) in [5.74, 6) is 1.26. The van der Waals surface area contributed by atoms with Crippen LogP contribution in [-0.4, -0.2) is 59.3 Å². The van der Waals surface area contributed by atoms with Crippen LogP contribution in [0.25, 0.3) is 16.4 Å². The van der Waals surface area contributed by atoms with E-state index in [2.05, 4.69) is 15.0 Å². The minimum atomic E-state index is 0.114. The van der Waals surface area contributed by atoms with Gasteiger partial charge in [-0.1, -0.05) is 0 Å². The first-order chi connectivity index (χ1) is 13.3. The lowest BCUT2D eigenvalue weighted by Gasteiger charge is -2.16. The Morgan fingerprint density at radius 1 is 1.22 bits per heavy atom. The molecule has 0 radical (unpaired) electrons. The van der Waals surface area contributed by atoms with Crippen LogP contribution in [0.3, 0.4) is 0 Å². The number of carbonyl (C=O) groups excluding carboxylic acids is 1. The molecule has 1 aliphatic heterocycles. The fraction of sp³-hybridized carbons (Fsp3) is 0.421. The molecule has 1 aromatic carbocycles. The third-order valence-electron chi connectivity index (χ3n) is 4.83. The number of ether oxygens (including phenoxy) is 3. The highest BCUT2D eigenvalue weighted by Crippen LogP contribution is 2.34. The van der Waals surface area contributed by atoms with Gasteiger partial charge in [0.05, 0.1) is 30.9 Å². The van der Waals surface area contributed by atoms with Crippen molar-refractivity contribution in [2.75, 3.05) is 33.4 Å². The number of benzene rings is 1. The van der Waals surface area contributed by atoms with Crippen LogP contribution in [0.4, 0.5) is 0 Å². The highest BCUT2D eigenvalue weighted by molar-refractivity contribution is 5.95. The van der Waals surface area contributed by atoms with Crippen molar-refractivity contribution in [1.29, 1.82) is 0 Å². The Balaban J connectivity index is 1.59. The second-order valence-electron chi connectivity index (χ2n) is 6.51. The predicted octanol–water partition coefficient (Wildman–Crippen LogP) is 2.29. The summed E-state index contributed by atoms with van der Waals surface area (Å²) >= 11 is 0. The van der Waals surface area contributed by atoms with Crippen LogP contribution in [0.1, 0.15) is 19.3 Å². The lowest BCUT2D eigenvalue weighted by atomic mass is 10.2. The summed E-state index contributed by atoms with van der Waals surface area (Å²) in [6.07, 6.45) is 5.16. The molecule has 3 heterocycles. The molecule has 3 aromatic rings. The molecule has 1 aliphatic rings. The predicted molar refractivity (Wildman–Crippen MR) is 99.5 cm³/mol. The van der Waals surface area contributed by atoms with Gasteiger partial charge in [0.2, 0.25) is 0 Å². The smallest absolute Gasteiger partial charge is 0.326 e. The van der Waals surface area contributed by atoms with E-state index in [0.717, 1.165) is 23.9 Å². The van der Waals surface area contributed by atoms with Crippen molar-refractivity contribution < 1.29 is 19.0 Å². The average molecular weight is 370 g/mol. The van der Waals surface area contributed by atoms with Crippen LogP contribution in [-0.2, 0) is 4.79 Å². The van der Waals surface area contributed by atoms with Crippen molar-refractivity contribution in [3.63, 3.8) is 0 Å². The third-order valence-corrected chi connectivity index (χ3v) is 4.83. The van der Waals surface area contributed by atoms with Gasteiger partial charge in [-0.3, -0.25) is 4.79 Å². The molecule has 0 aliphatic carbocycles. The summed E-state index contributed by atoms with van der Waals surface area (Å²) in [6.45, 7) is 4.36. The first-order valence-electron chi connectivity index (χ1n) is 9.11. The van der Waals surface area contributed by atoms with Crippen LogP contribution < -0.4 is 14.2 Å². The molecule has 8 heteroatoms. The van der Waals surface area contributed by atoms with Gasteiger partial charge in [0, 0.05) is 18.0 Å². The van der Waals surface area contributed by atoms with Crippen molar-refractivity contribution >= 4 is 22.9 Å². The molecule has 0 N–H and O–H groups in total. The van der Waals surface area contributed by atoms with Crippen molar-refractivity contribution in [2.45, 2.75) is 19.3 Å². The summed E-state index contributed by atoms with van der Waals surface area (Å²) < 4.78 is 17.9. The second kappa shape index (κ2) is 7.79. The van der Waals surface area contributed by atoms with Crippen LogP contribution >= 0.6 is 0 Å². The Bertz CT molecular complexity index is 950. The highest BCUT2D eigenvalue weighted by atomic mass is 16.5. The Morgan fingerprint density at radius 2 is 2.07 bits per heavy atom. The topological polar surface area (TPSA) is 78.2 Å². The quantitative estimate of drug-likeness (QED) is 0.445. The molecular formula is C19H22N4O4. The maximum Gasteiger partial charge on any atom is 0.326 e. The molecule has 0 amide bonds. The molecule has 0 saturated carbocycles. The van der Waals surface area contributed by atoms with E-state index >= 15 is 0 Å². The van der Waals surface area contributed by atoms with E-state index in [4.69, 9.17) is 14.2 Å². The fourth-order valence-corrected chi connectivity index (χ4v) is 3.53. The Labute approximate surface area is 156 Å². The number of methoxy groups -OCH3 is 1. The van der Waals surface area contributed by atoms with Gasteiger partial charge in [-0.25, -0.2) is 0 Å². The van der Waals surface area contributed by atoms with Crippen molar-refractivity contribution in [2.24, 2.45) is 0 Å². The Kier molecular flexibility index (Phi) is 5.06. The van der Waals surface area contributed by atoms with Crippen LogP contribution in [0.5, 0.6) is 17.5 Å². The number of rotatable bonds is 8. The largest absolute Gasteiger partial charge is 0.493 e. The van der Waals surface area contributed by atoms with Gasteiger partial charge in [-0.15, -0.1) is 0 Å². The number of nitrogens with zero attached hydrogens (tertiary/aromatic N) is 4. The first-order valence-corrected chi connectivity index (χ1v) is 9.11. The van der Waals surface area contributed by atoms with Crippen molar-refractivity contribution in [1.82, 2.24) is 19.5 Å². The van der Waals surface area contributed by atoms with E-state index in [1.807, 2.05) is 18.2 Å². The minimum absolute atomic E-state index is 0.114. The van der Waals surface area contributed by atoms with Crippen LogP contribution in [0.15, 0.2) is 24.4 Å². The molecule has 27 heavy (non-hydrogen) atoms. The lowest BCUT2D eigenvalue weighted by Crippen LogP contribution is -2.21. The van der Waals surface area contributed by atoms with Gasteiger partial charge in [-0.2, -0.15) is 14.6 Å². The fourth-order valence-electron chi connectivity index (χ4n) is 3.53. The van der Waals surface area contributed by atoms with E-state index in [-0.39, 0.29) is 6.01 Å². The monoisotopic (exact) mass is 370 g/mol. The SMILES string of the molecule is COc1cc2c(cc1OCCCN1CCCC1)nc(OC=O)n1nccc21. The lowest BCUT2D eigenvalue weighted by molar-refractivity contribution is -0.121. The molecule has 8 nitrogen and oxygen atoms in total. The van der Waals surface area contributed by atoms with Crippen molar-refractivity contribution in [3.8, 4) is 17.5 Å². The summed E-state index contributed by atoms with van der Waals surface area (Å²) in [5, 5.41) is 5.00. The van der Waals surface area contributed by atoms with Gasteiger partial charge < -0.3 is 19.1 Å². The molecular weight excluding hydrogens is 348 g/mol. The number of hydrogen-bond donors (Lipinski definition) is 0. The highest BCUT2D eigenvalue weighted by Gasteiger charge is 2.15. The maximum atomic E-state index is 10.8. The normalized spacial score (nSPS) is 14.7. The summed E-state index contributed by atoms with van der Waals surface area (Å²) in [6, 6.07) is 5.63. The zero-order valence-corrected chi connectivity index (χ0v) is 15.3. The molecule has 1 saturated heterocycles. The van der Waals surface area contributed by atoms with E-state index in [1.54, 1.807) is 13.3 Å². The molecule has 0 unspecified atom stereocenters. The molecule has 1 fully saturated rings. The molecule has 0 atom stereocenters. The number of carbonyl (C=O) groups is 1. The second-order valence-corrected chi connectivity index (χ2v) is 6.51. The zero-order chi connectivity index (χ0) is 18.6. The molecule has 4 rings (SSSR count). The van der Waals surface area contributed by atoms with E-state index < -0.39 is 0 Å². The molecule has 0 bridgehead atoms. The number of hydrogen-bond acceptors (Lipinski definition) is 7. The minimum Gasteiger partial charge on any atom is -0.493 e. The number of likely N-dealkylation sites (tertiary alicyclic amines) is 1. The number of aromatic nitrogens is 3. The van der Waals surface area contributed by atoms with E-state index in [9.17, 15) is 4.79 Å². The van der Waals surface area contributed by atoms with Gasteiger partial charge >= 0.3 is 12.5 Å². The summed E-state index contributed by atoms with van der Waals surface area (Å²) in [4.78, 5) is 17.6. The Morgan fingerprint density at radius 3 is 2.85 bits per heavy atom. The average Bonchev–Trinajstić information content (AvgIpc) is 3.37. The first kappa shape index (κ1) is 17.5. The van der Waals surface area contributed by atoms with Crippen molar-refractivity contribution in [3.05, 3.63) is 24.4 Å². The van der Waals surface area contributed by atoms with E-state index in [1.165, 1.54) is 30.4 Å². The van der Waals surface area contributed by atoms with Gasteiger partial charge in [0.15, 0.2) is 11.5 Å². The van der Waals surface area contributed by atoms with Gasteiger partial charge in [0.25, 0.3) is 0 Å². The van der Waals surface area contributed by atoms with Gasteiger partial charge in [-0.05, 0) is 44.5 Å². The van der Waals surface area contributed by atoms with Crippen LogP contribution in [0, 0.1) is 0 Å². The molecule has 2 aromatic heterocycles. The molecule has 142 valence electrons. The zero-order valence-electron chi connectivity index (χ0n) is 15.3.